The number of imide groups is 4. The Morgan fingerprint density at radius 2 is 1.67 bits per heavy atom. The number of nitrogens with one attached hydrogen (secondary N) is 1. The lowest BCUT2D eigenvalue weighted by Crippen LogP contribution is -2.53. The van der Waals surface area contributed by atoms with Crippen LogP contribution in [-0.2, 0) is 29.3 Å². The standard InChI is InChI=1S/C35H29Cl2N3O8/c1-47-19-10-7-17(8-11-19)35-24(31(43)40(33(35)45)38-26-14-9-18(36)15-25(26)37)16-23-20(29(35)21-5-3-4-6-27(21)41)12-13-22-28(23)32(44)39(30(22)42)34(46)48-2/h3-12,14-15,22-24,28-29,38,41H,13,16H2,1-2H3/t22-,23+,24-,28-,29+,35+/m0/s1. The summed E-state index contributed by atoms with van der Waals surface area (Å²) in [5.74, 6) is -6.81. The number of carbonyl (C=O) groups excluding carboxylic acids is 5. The normalized spacial score (nSPS) is 27.7. The SMILES string of the molecule is COC(=O)N1C(=O)[C@H]2[C@H](CC=C3[C@H]2C[C@H]2C(=O)N(Nc4ccc(Cl)cc4Cl)C(=O)[C@@]2(c2ccc(OC)cc2)[C@H]3c2ccccc2O)C1=O. The lowest BCUT2D eigenvalue weighted by Gasteiger charge is -2.50. The van der Waals surface area contributed by atoms with Gasteiger partial charge < -0.3 is 14.6 Å². The van der Waals surface area contributed by atoms with Gasteiger partial charge in [-0.1, -0.05) is 65.2 Å². The number of hydrogen-bond donors (Lipinski definition) is 2. The Labute approximate surface area is 285 Å². The quantitative estimate of drug-likeness (QED) is 0.264. The van der Waals surface area contributed by atoms with E-state index in [-0.39, 0.29) is 29.3 Å². The Hall–Kier alpha value is -4.87. The predicted molar refractivity (Wildman–Crippen MR) is 173 cm³/mol. The van der Waals surface area contributed by atoms with Crippen molar-refractivity contribution in [3.63, 3.8) is 0 Å². The number of methoxy groups -OCH3 is 2. The number of carbonyl (C=O) groups is 5. The molecule has 7 rings (SSSR count). The molecule has 2 saturated heterocycles. The zero-order valence-corrected chi connectivity index (χ0v) is 27.2. The number of para-hydroxylation sites is 1. The summed E-state index contributed by atoms with van der Waals surface area (Å²) in [6.45, 7) is 0. The average Bonchev–Trinajstić information content (AvgIpc) is 3.46. The van der Waals surface area contributed by atoms with Crippen LogP contribution in [0.4, 0.5) is 10.5 Å². The zero-order chi connectivity index (χ0) is 34.1. The van der Waals surface area contributed by atoms with E-state index in [1.54, 1.807) is 54.6 Å². The number of hydrazine groups is 1. The minimum absolute atomic E-state index is 0.00569. The van der Waals surface area contributed by atoms with Gasteiger partial charge in [-0.25, -0.2) is 4.79 Å². The van der Waals surface area contributed by atoms with E-state index < -0.39 is 64.7 Å². The van der Waals surface area contributed by atoms with E-state index in [1.165, 1.54) is 19.2 Å². The molecular weight excluding hydrogens is 661 g/mol. The van der Waals surface area contributed by atoms with Crippen molar-refractivity contribution in [2.24, 2.45) is 23.7 Å². The number of likely N-dealkylation sites (tertiary alicyclic amines) is 1. The first kappa shape index (κ1) is 31.7. The van der Waals surface area contributed by atoms with Crippen molar-refractivity contribution in [2.75, 3.05) is 19.6 Å². The predicted octanol–water partition coefficient (Wildman–Crippen LogP) is 5.46. The molecule has 4 aliphatic rings. The number of benzene rings is 3. The number of rotatable bonds is 5. The molecule has 13 heteroatoms. The molecule has 3 aromatic rings. The molecule has 6 atom stereocenters. The molecule has 0 spiro atoms. The largest absolute Gasteiger partial charge is 0.508 e. The number of fused-ring (bicyclic) bond motifs is 4. The van der Waals surface area contributed by atoms with Crippen molar-refractivity contribution in [3.8, 4) is 11.5 Å². The number of allylic oxidation sites excluding steroid dienone is 2. The monoisotopic (exact) mass is 689 g/mol. The number of aromatic hydroxyl groups is 1. The molecule has 2 aliphatic carbocycles. The summed E-state index contributed by atoms with van der Waals surface area (Å²) in [4.78, 5) is 70.2. The number of phenols is 1. The Morgan fingerprint density at radius 3 is 2.33 bits per heavy atom. The van der Waals surface area contributed by atoms with Crippen molar-refractivity contribution < 1.29 is 38.6 Å². The number of halogens is 2. The molecule has 2 aliphatic heterocycles. The third kappa shape index (κ3) is 4.44. The third-order valence-electron chi connectivity index (χ3n) is 10.2. The third-order valence-corrected chi connectivity index (χ3v) is 10.7. The van der Waals surface area contributed by atoms with Crippen LogP contribution >= 0.6 is 23.2 Å². The van der Waals surface area contributed by atoms with Crippen LogP contribution in [0, 0.1) is 23.7 Å². The molecule has 3 fully saturated rings. The molecule has 48 heavy (non-hydrogen) atoms. The number of amides is 5. The van der Waals surface area contributed by atoms with E-state index in [0.717, 1.165) is 12.1 Å². The molecule has 0 unspecified atom stereocenters. The van der Waals surface area contributed by atoms with Gasteiger partial charge in [-0.2, -0.15) is 9.91 Å². The highest BCUT2D eigenvalue weighted by molar-refractivity contribution is 6.36. The van der Waals surface area contributed by atoms with Crippen LogP contribution in [-0.4, -0.2) is 59.0 Å². The van der Waals surface area contributed by atoms with E-state index in [0.29, 0.717) is 32.4 Å². The highest BCUT2D eigenvalue weighted by Crippen LogP contribution is 2.65. The first-order valence-electron chi connectivity index (χ1n) is 15.2. The van der Waals surface area contributed by atoms with Crippen molar-refractivity contribution in [1.82, 2.24) is 9.91 Å². The minimum atomic E-state index is -1.63. The first-order valence-corrected chi connectivity index (χ1v) is 16.0. The van der Waals surface area contributed by atoms with Crippen LogP contribution < -0.4 is 10.2 Å². The zero-order valence-electron chi connectivity index (χ0n) is 25.7. The van der Waals surface area contributed by atoms with Crippen molar-refractivity contribution >= 4 is 58.6 Å². The van der Waals surface area contributed by atoms with Crippen LogP contribution in [0.15, 0.2) is 78.4 Å². The van der Waals surface area contributed by atoms with Crippen LogP contribution in [0.3, 0.4) is 0 Å². The second-order valence-corrected chi connectivity index (χ2v) is 13.1. The first-order chi connectivity index (χ1) is 23.0. The summed E-state index contributed by atoms with van der Waals surface area (Å²) in [7, 11) is 2.60. The molecule has 2 heterocycles. The van der Waals surface area contributed by atoms with Crippen molar-refractivity contribution in [2.45, 2.75) is 24.2 Å². The van der Waals surface area contributed by atoms with E-state index in [9.17, 15) is 24.3 Å². The van der Waals surface area contributed by atoms with Gasteiger partial charge in [-0.05, 0) is 60.7 Å². The molecule has 3 aromatic carbocycles. The second-order valence-electron chi connectivity index (χ2n) is 12.3. The minimum Gasteiger partial charge on any atom is -0.508 e. The number of anilines is 1. The smallest absolute Gasteiger partial charge is 0.423 e. The van der Waals surface area contributed by atoms with E-state index in [4.69, 9.17) is 32.7 Å². The van der Waals surface area contributed by atoms with Crippen molar-refractivity contribution in [1.29, 1.82) is 0 Å². The van der Waals surface area contributed by atoms with E-state index in [2.05, 4.69) is 5.43 Å². The van der Waals surface area contributed by atoms with E-state index >= 15 is 4.79 Å². The fourth-order valence-electron chi connectivity index (χ4n) is 8.19. The Balaban J connectivity index is 1.46. The molecule has 0 bridgehead atoms. The van der Waals surface area contributed by atoms with Gasteiger partial charge in [0.1, 0.15) is 11.5 Å². The Morgan fingerprint density at radius 1 is 0.938 bits per heavy atom. The Kier molecular flexibility index (Phi) is 7.71. The average molecular weight is 691 g/mol. The van der Waals surface area contributed by atoms with Gasteiger partial charge in [-0.15, -0.1) is 0 Å². The maximum absolute atomic E-state index is 15.1. The number of nitrogens with zero attached hydrogens (tertiary/aromatic N) is 2. The highest BCUT2D eigenvalue weighted by Gasteiger charge is 2.71. The summed E-state index contributed by atoms with van der Waals surface area (Å²) in [6, 6.07) is 18.0. The summed E-state index contributed by atoms with van der Waals surface area (Å²) in [5.41, 5.74) is 3.01. The summed E-state index contributed by atoms with van der Waals surface area (Å²) in [6.07, 6.45) is 0.838. The molecule has 1 saturated carbocycles. The van der Waals surface area contributed by atoms with E-state index in [1.807, 2.05) is 6.08 Å². The van der Waals surface area contributed by atoms with Gasteiger partial charge in [0.25, 0.3) is 11.8 Å². The topological polar surface area (TPSA) is 143 Å². The van der Waals surface area contributed by atoms with Gasteiger partial charge >= 0.3 is 6.09 Å². The van der Waals surface area contributed by atoms with Crippen LogP contribution in [0.1, 0.15) is 29.9 Å². The fourth-order valence-corrected chi connectivity index (χ4v) is 8.64. The summed E-state index contributed by atoms with van der Waals surface area (Å²) >= 11 is 12.6. The van der Waals surface area contributed by atoms with Gasteiger partial charge in [0.15, 0.2) is 0 Å². The maximum atomic E-state index is 15.1. The maximum Gasteiger partial charge on any atom is 0.423 e. The second kappa shape index (κ2) is 11.7. The molecule has 5 amide bonds. The lowest BCUT2D eigenvalue weighted by molar-refractivity contribution is -0.140. The molecule has 0 radical (unpaired) electrons. The molecular formula is C35H29Cl2N3O8. The van der Waals surface area contributed by atoms with Crippen LogP contribution in [0.2, 0.25) is 10.0 Å². The van der Waals surface area contributed by atoms with Gasteiger partial charge in [0.2, 0.25) is 11.8 Å². The molecule has 246 valence electrons. The lowest BCUT2D eigenvalue weighted by atomic mass is 9.49. The van der Waals surface area contributed by atoms with Crippen molar-refractivity contribution in [3.05, 3.63) is 99.6 Å². The summed E-state index contributed by atoms with van der Waals surface area (Å²) < 4.78 is 10.2. The fraction of sp³-hybridized carbons (Fsp3) is 0.286. The summed E-state index contributed by atoms with van der Waals surface area (Å²) in [5, 5.41) is 12.8. The number of phenolic OH excluding ortho intramolecular Hbond substituents is 1. The molecule has 2 N–H and O–H groups in total. The van der Waals surface area contributed by atoms with Crippen LogP contribution in [0.25, 0.3) is 0 Å². The van der Waals surface area contributed by atoms with Crippen LogP contribution in [0.5, 0.6) is 11.5 Å². The number of ether oxygens (including phenoxy) is 2. The van der Waals surface area contributed by atoms with Gasteiger partial charge in [0.05, 0.1) is 48.1 Å². The van der Waals surface area contributed by atoms with Gasteiger partial charge in [-0.3, -0.25) is 24.6 Å². The molecule has 0 aromatic heterocycles. The molecule has 11 nitrogen and oxygen atoms in total. The van der Waals surface area contributed by atoms with Gasteiger partial charge in [0, 0.05) is 16.5 Å². The highest BCUT2D eigenvalue weighted by atomic mass is 35.5. The number of hydrogen-bond acceptors (Lipinski definition) is 9. The Bertz CT molecular complexity index is 1930.